The van der Waals surface area contributed by atoms with Gasteiger partial charge in [-0.3, -0.25) is 14.2 Å². The summed E-state index contributed by atoms with van der Waals surface area (Å²) in [5, 5.41) is 5.59. The van der Waals surface area contributed by atoms with Crippen molar-refractivity contribution in [3.05, 3.63) is 51.9 Å². The van der Waals surface area contributed by atoms with Gasteiger partial charge in [0.05, 0.1) is 17.3 Å². The van der Waals surface area contributed by atoms with E-state index < -0.39 is 5.54 Å². The van der Waals surface area contributed by atoms with Crippen molar-refractivity contribution < 1.29 is 14.3 Å². The first kappa shape index (κ1) is 18.2. The van der Waals surface area contributed by atoms with E-state index in [4.69, 9.17) is 9.47 Å². The van der Waals surface area contributed by atoms with Crippen molar-refractivity contribution in [3.8, 4) is 11.5 Å². The zero-order chi connectivity index (χ0) is 19.8. The molecule has 3 aromatic rings. The van der Waals surface area contributed by atoms with Crippen LogP contribution in [0.15, 0.2) is 40.8 Å². The Morgan fingerprint density at radius 3 is 2.79 bits per heavy atom. The van der Waals surface area contributed by atoms with E-state index in [2.05, 4.69) is 10.3 Å². The van der Waals surface area contributed by atoms with Gasteiger partial charge in [-0.15, -0.1) is 11.3 Å². The van der Waals surface area contributed by atoms with Crippen LogP contribution in [-0.2, 0) is 16.9 Å². The Bertz CT molecular complexity index is 1130. The maximum absolute atomic E-state index is 12.9. The zero-order valence-electron chi connectivity index (χ0n) is 15.8. The Morgan fingerprint density at radius 1 is 1.17 bits per heavy atom. The highest BCUT2D eigenvalue weighted by atomic mass is 32.1. The number of thiophene rings is 1. The first-order chi connectivity index (χ1) is 14.1. The lowest BCUT2D eigenvalue weighted by Crippen LogP contribution is -2.46. The molecule has 0 radical (unpaired) electrons. The third-order valence-electron chi connectivity index (χ3n) is 5.69. The van der Waals surface area contributed by atoms with Crippen LogP contribution in [0, 0.1) is 0 Å². The predicted molar refractivity (Wildman–Crippen MR) is 110 cm³/mol. The normalized spacial score (nSPS) is 17.4. The number of carbonyl (C=O) groups excluding carboxylic acids is 1. The van der Waals surface area contributed by atoms with Gasteiger partial charge in [0.25, 0.3) is 5.56 Å². The minimum atomic E-state index is -0.448. The van der Waals surface area contributed by atoms with Crippen LogP contribution in [0.5, 0.6) is 11.5 Å². The Kier molecular flexibility index (Phi) is 4.50. The summed E-state index contributed by atoms with van der Waals surface area (Å²) in [6.07, 6.45) is 5.24. The molecule has 1 aliphatic heterocycles. The van der Waals surface area contributed by atoms with Crippen molar-refractivity contribution >= 4 is 27.5 Å². The Morgan fingerprint density at radius 2 is 1.97 bits per heavy atom. The lowest BCUT2D eigenvalue weighted by molar-refractivity contribution is -0.123. The summed E-state index contributed by atoms with van der Waals surface area (Å²) >= 11 is 1.42. The molecule has 150 valence electrons. The second-order valence-electron chi connectivity index (χ2n) is 7.51. The highest BCUT2D eigenvalue weighted by Gasteiger charge is 2.38. The fraction of sp³-hybridized carbons (Fsp3) is 0.381. The van der Waals surface area contributed by atoms with Crippen LogP contribution >= 0.6 is 11.3 Å². The van der Waals surface area contributed by atoms with Gasteiger partial charge >= 0.3 is 0 Å². The van der Waals surface area contributed by atoms with Gasteiger partial charge in [0.2, 0.25) is 5.91 Å². The topological polar surface area (TPSA) is 82.5 Å². The Hall–Kier alpha value is -2.87. The number of aromatic nitrogens is 2. The first-order valence-corrected chi connectivity index (χ1v) is 10.7. The number of fused-ring (bicyclic) bond motifs is 2. The molecule has 1 aromatic carbocycles. The van der Waals surface area contributed by atoms with Gasteiger partial charge in [-0.05, 0) is 42.0 Å². The predicted octanol–water partition coefficient (Wildman–Crippen LogP) is 2.81. The van der Waals surface area contributed by atoms with Gasteiger partial charge in [0.15, 0.2) is 11.5 Å². The van der Waals surface area contributed by atoms with Crippen molar-refractivity contribution in [2.24, 2.45) is 0 Å². The fourth-order valence-corrected chi connectivity index (χ4v) is 5.00. The van der Waals surface area contributed by atoms with E-state index in [1.165, 1.54) is 22.2 Å². The van der Waals surface area contributed by atoms with Gasteiger partial charge in [0, 0.05) is 0 Å². The average Bonchev–Trinajstić information content (AvgIpc) is 3.40. The summed E-state index contributed by atoms with van der Waals surface area (Å²) in [7, 11) is 0. The molecule has 0 saturated heterocycles. The number of nitrogens with zero attached hydrogens (tertiary/aromatic N) is 2. The molecule has 2 aromatic heterocycles. The second-order valence-corrected chi connectivity index (χ2v) is 8.41. The number of hydrogen-bond acceptors (Lipinski definition) is 6. The molecule has 0 bridgehead atoms. The molecule has 1 aliphatic carbocycles. The molecule has 7 nitrogen and oxygen atoms in total. The molecule has 0 atom stereocenters. The second kappa shape index (κ2) is 7.18. The highest BCUT2D eigenvalue weighted by Crippen LogP contribution is 2.42. The third kappa shape index (κ3) is 3.27. The van der Waals surface area contributed by atoms with Crippen LogP contribution in [-0.4, -0.2) is 28.7 Å². The quantitative estimate of drug-likeness (QED) is 0.714. The summed E-state index contributed by atoms with van der Waals surface area (Å²) in [5.74, 6) is 1.26. The van der Waals surface area contributed by atoms with Crippen LogP contribution < -0.4 is 20.3 Å². The fourth-order valence-electron chi connectivity index (χ4n) is 4.27. The molecule has 0 unspecified atom stereocenters. The molecule has 1 fully saturated rings. The van der Waals surface area contributed by atoms with Gasteiger partial charge < -0.3 is 14.8 Å². The molecule has 2 aliphatic rings. The summed E-state index contributed by atoms with van der Waals surface area (Å²) in [6, 6.07) is 7.64. The largest absolute Gasteiger partial charge is 0.486 e. The summed E-state index contributed by atoms with van der Waals surface area (Å²) in [4.78, 5) is 30.5. The Labute approximate surface area is 171 Å². The van der Waals surface area contributed by atoms with Crippen LogP contribution in [0.25, 0.3) is 10.2 Å². The maximum Gasteiger partial charge on any atom is 0.262 e. The number of carbonyl (C=O) groups is 1. The van der Waals surface area contributed by atoms with Crippen molar-refractivity contribution in [1.82, 2.24) is 14.9 Å². The molecule has 8 heteroatoms. The van der Waals surface area contributed by atoms with E-state index in [0.717, 1.165) is 42.7 Å². The van der Waals surface area contributed by atoms with Crippen molar-refractivity contribution in [2.75, 3.05) is 13.2 Å². The molecule has 1 amide bonds. The van der Waals surface area contributed by atoms with Crippen LogP contribution in [0.3, 0.4) is 0 Å². The van der Waals surface area contributed by atoms with Crippen molar-refractivity contribution in [2.45, 2.75) is 37.8 Å². The van der Waals surface area contributed by atoms with Crippen molar-refractivity contribution in [1.29, 1.82) is 0 Å². The minimum Gasteiger partial charge on any atom is -0.486 e. The number of benzene rings is 1. The van der Waals surface area contributed by atoms with Gasteiger partial charge in [-0.25, -0.2) is 4.98 Å². The monoisotopic (exact) mass is 411 g/mol. The Balaban J connectivity index is 1.41. The van der Waals surface area contributed by atoms with E-state index in [1.807, 2.05) is 23.6 Å². The number of nitrogens with one attached hydrogen (secondary N) is 1. The molecule has 0 spiro atoms. The highest BCUT2D eigenvalue weighted by molar-refractivity contribution is 7.16. The summed E-state index contributed by atoms with van der Waals surface area (Å²) in [6.45, 7) is 1.02. The van der Waals surface area contributed by atoms with Crippen molar-refractivity contribution in [3.63, 3.8) is 0 Å². The molecule has 5 rings (SSSR count). The number of rotatable bonds is 4. The molecule has 1 N–H and O–H groups in total. The lowest BCUT2D eigenvalue weighted by atomic mass is 9.87. The number of ether oxygens (including phenoxy) is 2. The smallest absolute Gasteiger partial charge is 0.262 e. The standard InChI is InChI=1S/C21H21N3O4S/c25-18(12-24-13-22-19-15(20(24)26)5-10-29-19)23-21(6-1-2-7-21)14-3-4-16-17(11-14)28-9-8-27-16/h3-5,10-11,13H,1-2,6-9,12H2,(H,23,25). The lowest BCUT2D eigenvalue weighted by Gasteiger charge is -2.32. The van der Waals surface area contributed by atoms with E-state index >= 15 is 0 Å². The third-order valence-corrected chi connectivity index (χ3v) is 6.52. The SMILES string of the molecule is O=C(Cn1cnc2sccc2c1=O)NC1(c2ccc3c(c2)OCCO3)CCCC1. The molecular weight excluding hydrogens is 390 g/mol. The van der Waals surface area contributed by atoms with E-state index in [-0.39, 0.29) is 18.0 Å². The van der Waals surface area contributed by atoms with Gasteiger partial charge in [-0.1, -0.05) is 18.9 Å². The van der Waals surface area contributed by atoms with E-state index in [0.29, 0.717) is 23.4 Å². The summed E-state index contributed by atoms with van der Waals surface area (Å²) < 4.78 is 12.7. The van der Waals surface area contributed by atoms with E-state index in [1.54, 1.807) is 6.07 Å². The van der Waals surface area contributed by atoms with Crippen LogP contribution in [0.1, 0.15) is 31.2 Å². The average molecular weight is 411 g/mol. The van der Waals surface area contributed by atoms with Crippen LogP contribution in [0.4, 0.5) is 0 Å². The zero-order valence-corrected chi connectivity index (χ0v) is 16.7. The first-order valence-electron chi connectivity index (χ1n) is 9.78. The minimum absolute atomic E-state index is 0.0517. The number of hydrogen-bond donors (Lipinski definition) is 1. The van der Waals surface area contributed by atoms with Gasteiger partial charge in [0.1, 0.15) is 24.6 Å². The summed E-state index contributed by atoms with van der Waals surface area (Å²) in [5.41, 5.74) is 0.383. The number of amides is 1. The molecule has 3 heterocycles. The molecule has 29 heavy (non-hydrogen) atoms. The molecular formula is C21H21N3O4S. The van der Waals surface area contributed by atoms with E-state index in [9.17, 15) is 9.59 Å². The molecule has 1 saturated carbocycles. The maximum atomic E-state index is 12.9. The van der Waals surface area contributed by atoms with Crippen LogP contribution in [0.2, 0.25) is 0 Å². The van der Waals surface area contributed by atoms with Gasteiger partial charge in [-0.2, -0.15) is 0 Å².